The van der Waals surface area contributed by atoms with Gasteiger partial charge in [0.2, 0.25) is 0 Å². The van der Waals surface area contributed by atoms with E-state index in [9.17, 15) is 14.4 Å². The van der Waals surface area contributed by atoms with E-state index < -0.39 is 5.97 Å². The van der Waals surface area contributed by atoms with Crippen molar-refractivity contribution in [3.63, 3.8) is 0 Å². The summed E-state index contributed by atoms with van der Waals surface area (Å²) in [6.45, 7) is 2.47. The van der Waals surface area contributed by atoms with E-state index in [1.807, 2.05) is 6.20 Å². The van der Waals surface area contributed by atoms with E-state index in [1.54, 1.807) is 11.6 Å². The van der Waals surface area contributed by atoms with Crippen LogP contribution in [0.1, 0.15) is 38.9 Å². The quantitative estimate of drug-likeness (QED) is 0.322. The number of esters is 2. The van der Waals surface area contributed by atoms with Crippen LogP contribution in [0.15, 0.2) is 6.20 Å². The van der Waals surface area contributed by atoms with Gasteiger partial charge in [0.25, 0.3) is 0 Å². The topological polar surface area (TPSA) is 87.5 Å². The minimum atomic E-state index is -0.461. The predicted molar refractivity (Wildman–Crippen MR) is 81.7 cm³/mol. The number of aromatic nitrogens is 2. The van der Waals surface area contributed by atoms with Crippen LogP contribution >= 0.6 is 0 Å². The van der Waals surface area contributed by atoms with Crippen molar-refractivity contribution in [1.82, 2.24) is 9.78 Å². The first kappa shape index (κ1) is 21.5. The summed E-state index contributed by atoms with van der Waals surface area (Å²) < 4.78 is 11.2. The van der Waals surface area contributed by atoms with Crippen LogP contribution in [-0.4, -0.2) is 41.2 Å². The average molecular weight is 364 g/mol. The molecule has 0 fully saturated rings. The first-order chi connectivity index (χ1) is 11.0. The van der Waals surface area contributed by atoms with Gasteiger partial charge in [-0.05, 0) is 31.7 Å². The number of nitrogens with zero attached hydrogens (tertiary/aromatic N) is 2. The first-order valence-corrected chi connectivity index (χ1v) is 7.83. The van der Waals surface area contributed by atoms with Crippen molar-refractivity contribution in [3.8, 4) is 0 Å². The van der Waals surface area contributed by atoms with E-state index in [0.29, 0.717) is 25.8 Å². The van der Waals surface area contributed by atoms with Crippen LogP contribution in [0.2, 0.25) is 0 Å². The van der Waals surface area contributed by atoms with Crippen molar-refractivity contribution in [2.24, 2.45) is 5.92 Å². The molecule has 0 radical (unpaired) electrons. The van der Waals surface area contributed by atoms with Gasteiger partial charge in [0.1, 0.15) is 12.2 Å². The van der Waals surface area contributed by atoms with Gasteiger partial charge < -0.3 is 10.9 Å². The van der Waals surface area contributed by atoms with Crippen LogP contribution in [0.4, 0.5) is 0 Å². The fourth-order valence-electron chi connectivity index (χ4n) is 2.76. The number of rotatable bonds is 7. The fourth-order valence-corrected chi connectivity index (χ4v) is 2.76. The summed E-state index contributed by atoms with van der Waals surface area (Å²) >= 11 is 0. The van der Waals surface area contributed by atoms with Gasteiger partial charge in [0, 0.05) is 12.1 Å². The molecule has 0 aliphatic heterocycles. The van der Waals surface area contributed by atoms with Crippen molar-refractivity contribution in [1.29, 1.82) is 0 Å². The monoisotopic (exact) mass is 364 g/mol. The molecule has 2 rings (SSSR count). The molecule has 128 valence electrons. The van der Waals surface area contributed by atoms with Crippen LogP contribution in [-0.2, 0) is 43.2 Å². The van der Waals surface area contributed by atoms with E-state index in [-0.39, 0.29) is 89.9 Å². The Balaban J connectivity index is 0.00000288. The van der Waals surface area contributed by atoms with Gasteiger partial charge in [-0.1, -0.05) is 0 Å². The molecule has 1 atom stereocenters. The number of methoxy groups -OCH3 is 1. The van der Waals surface area contributed by atoms with Crippen LogP contribution in [0.3, 0.4) is 0 Å². The zero-order valence-corrected chi connectivity index (χ0v) is 17.7. The molecule has 0 N–H and O–H groups in total. The molecule has 8 heteroatoms. The molecule has 1 aliphatic carbocycles. The van der Waals surface area contributed by atoms with Crippen molar-refractivity contribution in [2.45, 2.75) is 45.6 Å². The number of ether oxygens (including phenoxy) is 2. The number of hydrogen-bond acceptors (Lipinski definition) is 6. The van der Waals surface area contributed by atoms with Gasteiger partial charge in [-0.25, -0.2) is 0 Å². The van der Waals surface area contributed by atoms with E-state index >= 15 is 0 Å². The molecule has 7 nitrogen and oxygen atoms in total. The number of fused-ring (bicyclic) bond motifs is 1. The minimum absolute atomic E-state index is 0. The molecule has 1 aromatic rings. The summed E-state index contributed by atoms with van der Waals surface area (Å²) in [5.41, 5.74) is 1.98. The maximum atomic E-state index is 12.2. The van der Waals surface area contributed by atoms with Crippen LogP contribution in [0.25, 0.3) is 0 Å². The van der Waals surface area contributed by atoms with Gasteiger partial charge in [0.05, 0.1) is 32.4 Å². The van der Waals surface area contributed by atoms with E-state index in [2.05, 4.69) is 9.84 Å². The van der Waals surface area contributed by atoms with Gasteiger partial charge in [0.15, 0.2) is 0 Å². The molecule has 0 bridgehead atoms. The van der Waals surface area contributed by atoms with E-state index in [0.717, 1.165) is 11.3 Å². The normalized spacial score (nSPS) is 15.8. The number of carbonyl (C=O) groups excluding carboxylic acids is 3. The Morgan fingerprint density at radius 2 is 2.12 bits per heavy atom. The average Bonchev–Trinajstić information content (AvgIpc) is 2.94. The molecule has 1 aromatic heterocycles. The van der Waals surface area contributed by atoms with E-state index in [4.69, 9.17) is 4.74 Å². The number of Topliss-reactive ketones (excluding diaryl/α,β-unsaturated/α-hetero) is 1. The second-order valence-electron chi connectivity index (χ2n) is 5.58. The van der Waals surface area contributed by atoms with Gasteiger partial charge >= 0.3 is 63.3 Å². The SMILES string of the molecule is CCOC(=O)CC(=O)C1CCc2nn(CCC(=O)OC)cc2C1.[3H-].[K+]. The third kappa shape index (κ3) is 6.07. The molecule has 0 saturated carbocycles. The maximum Gasteiger partial charge on any atom is 1.00 e. The first-order valence-electron chi connectivity index (χ1n) is 7.83. The van der Waals surface area contributed by atoms with Crippen molar-refractivity contribution in [2.75, 3.05) is 13.7 Å². The molecule has 0 spiro atoms. The van der Waals surface area contributed by atoms with Crippen molar-refractivity contribution >= 4 is 17.7 Å². The summed E-state index contributed by atoms with van der Waals surface area (Å²) in [4.78, 5) is 34.8. The Hall–Kier alpha value is -0.544. The van der Waals surface area contributed by atoms with Gasteiger partial charge in [-0.15, -0.1) is 0 Å². The standard InChI is InChI=1S/C16H22N2O5.K.H/c1-3-23-16(21)9-14(19)11-4-5-13-12(8-11)10-18(17-13)7-6-15(20)22-2;;/h10-11H,3-9H2,1-2H3;;/q;+1;-1/i;;1+2. The molecular formula is C16H23KN2O5. The van der Waals surface area contributed by atoms with Crippen LogP contribution in [0.5, 0.6) is 0 Å². The van der Waals surface area contributed by atoms with Crippen LogP contribution < -0.4 is 51.4 Å². The number of aryl methyl sites for hydroxylation is 2. The number of ketones is 1. The van der Waals surface area contributed by atoms with E-state index in [1.165, 1.54) is 7.11 Å². The third-order valence-corrected chi connectivity index (χ3v) is 3.97. The smallest absolute Gasteiger partial charge is 1.00 e. The summed E-state index contributed by atoms with van der Waals surface area (Å²) in [5, 5.41) is 4.45. The minimum Gasteiger partial charge on any atom is -1.00 e. The predicted octanol–water partition coefficient (Wildman–Crippen LogP) is -1.81. The molecule has 1 aliphatic rings. The molecule has 0 aromatic carbocycles. The number of hydrogen-bond donors (Lipinski definition) is 0. The number of carbonyl (C=O) groups is 3. The molecule has 0 amide bonds. The molecule has 1 unspecified atom stereocenters. The van der Waals surface area contributed by atoms with Gasteiger partial charge in [-0.2, -0.15) is 5.10 Å². The molecule has 0 saturated heterocycles. The zero-order chi connectivity index (χ0) is 16.8. The molecular weight excluding hydrogens is 339 g/mol. The Morgan fingerprint density at radius 1 is 1.38 bits per heavy atom. The third-order valence-electron chi connectivity index (χ3n) is 3.97. The van der Waals surface area contributed by atoms with Crippen molar-refractivity contribution in [3.05, 3.63) is 17.5 Å². The summed E-state index contributed by atoms with van der Waals surface area (Å²) in [7, 11) is 1.36. The van der Waals surface area contributed by atoms with Gasteiger partial charge in [-0.3, -0.25) is 19.1 Å². The molecule has 24 heavy (non-hydrogen) atoms. The van der Waals surface area contributed by atoms with Crippen LogP contribution in [0, 0.1) is 5.92 Å². The Morgan fingerprint density at radius 3 is 2.79 bits per heavy atom. The zero-order valence-electron chi connectivity index (χ0n) is 15.5. The molecule has 1 heterocycles. The Kier molecular flexibility index (Phi) is 9.36. The largest absolute Gasteiger partial charge is 1.00 e. The summed E-state index contributed by atoms with van der Waals surface area (Å²) in [6.07, 6.45) is 3.97. The fraction of sp³-hybridized carbons (Fsp3) is 0.625. The second-order valence-corrected chi connectivity index (χ2v) is 5.58. The maximum absolute atomic E-state index is 12.2. The Bertz CT molecular complexity index is 605. The van der Waals surface area contributed by atoms with Crippen molar-refractivity contribution < 1.29 is 76.7 Å². The second kappa shape index (κ2) is 10.4. The summed E-state index contributed by atoms with van der Waals surface area (Å²) in [5.74, 6) is -0.973. The summed E-state index contributed by atoms with van der Waals surface area (Å²) in [6, 6.07) is 0. The Labute approximate surface area is 185 Å².